The Balaban J connectivity index is 1.97. The number of rotatable bonds is 3. The highest BCUT2D eigenvalue weighted by atomic mass is 32.2. The van der Waals surface area contributed by atoms with Gasteiger partial charge in [-0.05, 0) is 18.4 Å². The lowest BCUT2D eigenvalue weighted by molar-refractivity contribution is 0.349. The van der Waals surface area contributed by atoms with E-state index in [-0.39, 0.29) is 5.54 Å². The van der Waals surface area contributed by atoms with E-state index in [2.05, 4.69) is 55.3 Å². The first-order valence-corrected chi connectivity index (χ1v) is 7.08. The largest absolute Gasteiger partial charge is 0.359 e. The van der Waals surface area contributed by atoms with Crippen LogP contribution in [0.1, 0.15) is 26.3 Å². The van der Waals surface area contributed by atoms with Gasteiger partial charge < -0.3 is 5.32 Å². The van der Waals surface area contributed by atoms with Crippen molar-refractivity contribution in [2.75, 3.05) is 5.75 Å². The molecule has 1 heterocycles. The minimum absolute atomic E-state index is 0.195. The molecule has 0 amide bonds. The Hall–Kier alpha value is -0.960. The van der Waals surface area contributed by atoms with Gasteiger partial charge >= 0.3 is 0 Å². The van der Waals surface area contributed by atoms with E-state index < -0.39 is 0 Å². The predicted molar refractivity (Wildman–Crippen MR) is 76.4 cm³/mol. The molecule has 1 atom stereocenters. The summed E-state index contributed by atoms with van der Waals surface area (Å²) in [6.07, 6.45) is 0. The Morgan fingerprint density at radius 3 is 2.65 bits per heavy atom. The summed E-state index contributed by atoms with van der Waals surface area (Å²) in [5.74, 6) is 1.73. The molecule has 0 bridgehead atoms. The summed E-state index contributed by atoms with van der Waals surface area (Å²) < 4.78 is 0. The van der Waals surface area contributed by atoms with Crippen LogP contribution in [0.5, 0.6) is 0 Å². The van der Waals surface area contributed by atoms with Crippen LogP contribution in [0.25, 0.3) is 0 Å². The van der Waals surface area contributed by atoms with E-state index in [4.69, 9.17) is 0 Å². The summed E-state index contributed by atoms with van der Waals surface area (Å²) in [7, 11) is 0. The summed E-state index contributed by atoms with van der Waals surface area (Å²) in [5.41, 5.74) is 1.46. The number of amidine groups is 1. The van der Waals surface area contributed by atoms with Crippen molar-refractivity contribution in [2.24, 2.45) is 10.9 Å². The van der Waals surface area contributed by atoms with Gasteiger partial charge in [0.1, 0.15) is 0 Å². The molecule has 2 rings (SSSR count). The quantitative estimate of drug-likeness (QED) is 0.887. The fourth-order valence-corrected chi connectivity index (χ4v) is 2.98. The fraction of sp³-hybridized carbons (Fsp3) is 0.500. The number of hydrogen-bond donors (Lipinski definition) is 1. The van der Waals surface area contributed by atoms with E-state index in [0.717, 1.165) is 17.5 Å². The lowest BCUT2D eigenvalue weighted by Crippen LogP contribution is -2.45. The molecule has 1 N–H and O–H groups in total. The van der Waals surface area contributed by atoms with Crippen LogP contribution in [-0.2, 0) is 6.54 Å². The molecule has 2 nitrogen and oxygen atoms in total. The summed E-state index contributed by atoms with van der Waals surface area (Å²) in [5, 5.41) is 4.64. The third-order valence-electron chi connectivity index (χ3n) is 3.42. The van der Waals surface area contributed by atoms with E-state index in [1.54, 1.807) is 0 Å². The van der Waals surface area contributed by atoms with Gasteiger partial charge in [-0.25, -0.2) is 0 Å². The Morgan fingerprint density at radius 2 is 2.06 bits per heavy atom. The van der Waals surface area contributed by atoms with E-state index in [9.17, 15) is 0 Å². The number of thioether (sulfide) groups is 1. The Morgan fingerprint density at radius 1 is 1.35 bits per heavy atom. The van der Waals surface area contributed by atoms with Crippen LogP contribution < -0.4 is 5.32 Å². The van der Waals surface area contributed by atoms with Crippen LogP contribution in [0, 0.1) is 5.92 Å². The van der Waals surface area contributed by atoms with Gasteiger partial charge in [-0.2, -0.15) is 0 Å². The zero-order chi connectivity index (χ0) is 12.3. The van der Waals surface area contributed by atoms with Crippen molar-refractivity contribution in [3.63, 3.8) is 0 Å². The first kappa shape index (κ1) is 12.5. The van der Waals surface area contributed by atoms with Crippen molar-refractivity contribution in [1.29, 1.82) is 0 Å². The maximum absolute atomic E-state index is 4.64. The number of nitrogens with zero attached hydrogens (tertiary/aromatic N) is 1. The first-order valence-electron chi connectivity index (χ1n) is 6.09. The molecular formula is C14H20N2S. The second kappa shape index (κ2) is 5.13. The second-order valence-electron chi connectivity index (χ2n) is 5.09. The zero-order valence-corrected chi connectivity index (χ0v) is 11.6. The summed E-state index contributed by atoms with van der Waals surface area (Å²) in [4.78, 5) is 4.64. The van der Waals surface area contributed by atoms with Crippen molar-refractivity contribution in [2.45, 2.75) is 32.9 Å². The number of aliphatic imine (C=N–C) groups is 1. The molecular weight excluding hydrogens is 228 g/mol. The van der Waals surface area contributed by atoms with E-state index in [1.165, 1.54) is 5.56 Å². The van der Waals surface area contributed by atoms with E-state index in [1.807, 2.05) is 17.8 Å². The summed E-state index contributed by atoms with van der Waals surface area (Å²) in [6.45, 7) is 7.56. The standard InChI is InChI=1S/C14H20N2S/c1-11(2)14(3)10-17-13(16-14)15-9-12-7-5-4-6-8-12/h4-8,11H,9-10H2,1-3H3,(H,15,16). The molecule has 92 valence electrons. The molecule has 0 aliphatic carbocycles. The van der Waals surface area contributed by atoms with Crippen LogP contribution in [0.15, 0.2) is 35.3 Å². The molecule has 1 aliphatic rings. The summed E-state index contributed by atoms with van der Waals surface area (Å²) >= 11 is 1.84. The summed E-state index contributed by atoms with van der Waals surface area (Å²) in [6, 6.07) is 10.4. The molecule has 1 aromatic carbocycles. The van der Waals surface area contributed by atoms with Crippen molar-refractivity contribution in [3.05, 3.63) is 35.9 Å². The lowest BCUT2D eigenvalue weighted by atomic mass is 9.91. The highest BCUT2D eigenvalue weighted by molar-refractivity contribution is 8.14. The third kappa shape index (κ3) is 3.03. The number of hydrogen-bond acceptors (Lipinski definition) is 2. The van der Waals surface area contributed by atoms with Crippen molar-refractivity contribution >= 4 is 16.9 Å². The molecule has 0 radical (unpaired) electrons. The topological polar surface area (TPSA) is 24.4 Å². The Kier molecular flexibility index (Phi) is 3.77. The molecule has 0 spiro atoms. The number of nitrogens with one attached hydrogen (secondary N) is 1. The first-order chi connectivity index (χ1) is 8.10. The monoisotopic (exact) mass is 248 g/mol. The van der Waals surface area contributed by atoms with Crippen LogP contribution in [-0.4, -0.2) is 16.5 Å². The minimum atomic E-state index is 0.195. The zero-order valence-electron chi connectivity index (χ0n) is 10.7. The second-order valence-corrected chi connectivity index (χ2v) is 6.06. The molecule has 1 aliphatic heterocycles. The van der Waals surface area contributed by atoms with Gasteiger partial charge in [-0.1, -0.05) is 55.9 Å². The van der Waals surface area contributed by atoms with Gasteiger partial charge in [0.05, 0.1) is 6.54 Å². The molecule has 1 unspecified atom stereocenters. The van der Waals surface area contributed by atoms with Crippen molar-refractivity contribution in [3.8, 4) is 0 Å². The van der Waals surface area contributed by atoms with Gasteiger partial charge in [0.15, 0.2) is 5.17 Å². The molecule has 3 heteroatoms. The van der Waals surface area contributed by atoms with Crippen LogP contribution in [0.3, 0.4) is 0 Å². The molecule has 17 heavy (non-hydrogen) atoms. The molecule has 1 saturated heterocycles. The molecule has 1 fully saturated rings. The van der Waals surface area contributed by atoms with Gasteiger partial charge in [-0.15, -0.1) is 0 Å². The Bertz CT molecular complexity index is 400. The van der Waals surface area contributed by atoms with Crippen molar-refractivity contribution < 1.29 is 0 Å². The minimum Gasteiger partial charge on any atom is -0.359 e. The number of benzene rings is 1. The van der Waals surface area contributed by atoms with Gasteiger partial charge in [0.25, 0.3) is 0 Å². The Labute approximate surface area is 108 Å². The average Bonchev–Trinajstić information content (AvgIpc) is 2.72. The smallest absolute Gasteiger partial charge is 0.157 e. The molecule has 0 aromatic heterocycles. The highest BCUT2D eigenvalue weighted by Crippen LogP contribution is 2.29. The molecule has 1 aromatic rings. The van der Waals surface area contributed by atoms with E-state index >= 15 is 0 Å². The predicted octanol–water partition coefficient (Wildman–Crippen LogP) is 3.29. The average molecular weight is 248 g/mol. The SMILES string of the molecule is CC(C)C1(C)CSC(=NCc2ccccc2)N1. The van der Waals surface area contributed by atoms with Gasteiger partial charge in [0, 0.05) is 11.3 Å². The van der Waals surface area contributed by atoms with Crippen molar-refractivity contribution in [1.82, 2.24) is 5.32 Å². The van der Waals surface area contributed by atoms with Gasteiger partial charge in [-0.3, -0.25) is 4.99 Å². The third-order valence-corrected chi connectivity index (χ3v) is 4.67. The maximum atomic E-state index is 4.64. The van der Waals surface area contributed by atoms with E-state index in [0.29, 0.717) is 5.92 Å². The van der Waals surface area contributed by atoms with Gasteiger partial charge in [0.2, 0.25) is 0 Å². The lowest BCUT2D eigenvalue weighted by Gasteiger charge is -2.28. The van der Waals surface area contributed by atoms with Crippen LogP contribution in [0.4, 0.5) is 0 Å². The maximum Gasteiger partial charge on any atom is 0.157 e. The van der Waals surface area contributed by atoms with Crippen LogP contribution in [0.2, 0.25) is 0 Å². The van der Waals surface area contributed by atoms with Crippen LogP contribution >= 0.6 is 11.8 Å². The normalized spacial score (nSPS) is 26.5. The molecule has 0 saturated carbocycles. The highest BCUT2D eigenvalue weighted by Gasteiger charge is 2.35. The fourth-order valence-electron chi connectivity index (χ4n) is 1.68.